The number of Topliss-reactive ketones (excluding diaryl/α,β-unsaturated/α-hetero) is 1. The minimum absolute atomic E-state index is 0.136. The standard InChI is InChI=1S/C32H30F4N6O3S/c1-40(46(44,45)27-17-38-41(18-27)19-32(34,35)36)26-8-5-23-12-29-22(16-39-42(29)25-9-6-24(33)7-10-25)13-31(23,14-26)30(43)28-11-4-21(15-37-28)20-2-3-20/h4,6-7,9-12,15-18,20,26H,2-3,5,8,13-14,19H2,1H3/t26-,31-/m0/s1. The molecule has 4 aromatic rings. The molecule has 2 atom stereocenters. The molecule has 9 nitrogen and oxygen atoms in total. The van der Waals surface area contributed by atoms with E-state index in [9.17, 15) is 30.8 Å². The van der Waals surface area contributed by atoms with Crippen LogP contribution in [-0.4, -0.2) is 62.3 Å². The Kier molecular flexibility index (Phi) is 7.27. The second kappa shape index (κ2) is 11.0. The largest absolute Gasteiger partial charge is 0.408 e. The Hall–Kier alpha value is -4.17. The molecule has 0 N–H and O–H groups in total. The van der Waals surface area contributed by atoms with Gasteiger partial charge in [0, 0.05) is 25.5 Å². The van der Waals surface area contributed by atoms with E-state index in [0.29, 0.717) is 29.1 Å². The van der Waals surface area contributed by atoms with E-state index in [1.807, 2.05) is 12.1 Å². The van der Waals surface area contributed by atoms with E-state index < -0.39 is 34.2 Å². The van der Waals surface area contributed by atoms with Gasteiger partial charge in [0.1, 0.15) is 23.0 Å². The highest BCUT2D eigenvalue weighted by Gasteiger charge is 2.51. The smallest absolute Gasteiger partial charge is 0.291 e. The lowest BCUT2D eigenvalue weighted by molar-refractivity contribution is -0.142. The van der Waals surface area contributed by atoms with Gasteiger partial charge in [0.15, 0.2) is 5.78 Å². The quantitative estimate of drug-likeness (QED) is 0.178. The van der Waals surface area contributed by atoms with Crippen LogP contribution < -0.4 is 0 Å². The number of allylic oxidation sites excluding steroid dienone is 1. The van der Waals surface area contributed by atoms with Crippen LogP contribution in [-0.2, 0) is 23.0 Å². The predicted octanol–water partition coefficient (Wildman–Crippen LogP) is 5.72. The second-order valence-corrected chi connectivity index (χ2v) is 14.4. The van der Waals surface area contributed by atoms with Gasteiger partial charge in [-0.05, 0) is 92.0 Å². The maximum absolute atomic E-state index is 14.5. The first-order valence-electron chi connectivity index (χ1n) is 15.0. The highest BCUT2D eigenvalue weighted by Crippen LogP contribution is 2.51. The fourth-order valence-electron chi connectivity index (χ4n) is 6.74. The lowest BCUT2D eigenvalue weighted by Gasteiger charge is -2.45. The van der Waals surface area contributed by atoms with E-state index in [1.54, 1.807) is 35.3 Å². The Morgan fingerprint density at radius 3 is 2.48 bits per heavy atom. The Morgan fingerprint density at radius 2 is 1.80 bits per heavy atom. The number of halogens is 4. The maximum Gasteiger partial charge on any atom is 0.408 e. The molecule has 0 spiro atoms. The molecule has 0 aliphatic heterocycles. The van der Waals surface area contributed by atoms with Gasteiger partial charge in [0.25, 0.3) is 0 Å². The summed E-state index contributed by atoms with van der Waals surface area (Å²) in [7, 11) is -2.86. The number of fused-ring (bicyclic) bond motifs is 2. The third-order valence-corrected chi connectivity index (χ3v) is 11.2. The minimum atomic E-state index is -4.56. The van der Waals surface area contributed by atoms with Crippen LogP contribution in [0.4, 0.5) is 17.6 Å². The minimum Gasteiger partial charge on any atom is -0.291 e. The summed E-state index contributed by atoms with van der Waals surface area (Å²) in [6, 6.07) is 8.95. The fraction of sp³-hybridized carbons (Fsp3) is 0.375. The average Bonchev–Trinajstić information content (AvgIpc) is 3.65. The number of carbonyl (C=O) groups is 1. The summed E-state index contributed by atoms with van der Waals surface area (Å²) in [6.45, 7) is -1.41. The zero-order chi connectivity index (χ0) is 32.4. The van der Waals surface area contributed by atoms with Gasteiger partial charge < -0.3 is 0 Å². The van der Waals surface area contributed by atoms with Crippen LogP contribution in [0.3, 0.4) is 0 Å². The topological polar surface area (TPSA) is 103 Å². The van der Waals surface area contributed by atoms with Crippen molar-refractivity contribution in [2.75, 3.05) is 7.05 Å². The lowest BCUT2D eigenvalue weighted by Crippen LogP contribution is -2.49. The molecule has 0 amide bonds. The van der Waals surface area contributed by atoms with Crippen LogP contribution in [0, 0.1) is 11.2 Å². The summed E-state index contributed by atoms with van der Waals surface area (Å²) >= 11 is 0. The first kappa shape index (κ1) is 30.5. The van der Waals surface area contributed by atoms with Crippen molar-refractivity contribution >= 4 is 21.9 Å². The van der Waals surface area contributed by atoms with Gasteiger partial charge in [0.2, 0.25) is 10.0 Å². The van der Waals surface area contributed by atoms with Crippen molar-refractivity contribution in [1.29, 1.82) is 0 Å². The molecule has 0 saturated heterocycles. The monoisotopic (exact) mass is 654 g/mol. The van der Waals surface area contributed by atoms with Crippen LogP contribution >= 0.6 is 0 Å². The molecular weight excluding hydrogens is 624 g/mol. The Balaban J connectivity index is 1.24. The molecule has 3 aliphatic rings. The van der Waals surface area contributed by atoms with Crippen LogP contribution in [0.5, 0.6) is 0 Å². The van der Waals surface area contributed by atoms with E-state index in [4.69, 9.17) is 0 Å². The molecule has 0 radical (unpaired) electrons. The predicted molar refractivity (Wildman–Crippen MR) is 159 cm³/mol. The molecule has 3 aliphatic carbocycles. The number of pyridine rings is 1. The van der Waals surface area contributed by atoms with Gasteiger partial charge in [-0.3, -0.25) is 14.5 Å². The average molecular weight is 655 g/mol. The molecule has 3 aromatic heterocycles. The first-order chi connectivity index (χ1) is 21.8. The molecule has 1 aromatic carbocycles. The van der Waals surface area contributed by atoms with Crippen LogP contribution in [0.15, 0.2) is 71.7 Å². The molecule has 2 saturated carbocycles. The van der Waals surface area contributed by atoms with Gasteiger partial charge in [-0.2, -0.15) is 27.7 Å². The number of ketones is 1. The second-order valence-electron chi connectivity index (χ2n) is 12.4. The van der Waals surface area contributed by atoms with Crippen molar-refractivity contribution in [3.8, 4) is 5.69 Å². The number of carbonyl (C=O) groups excluding carboxylic acids is 1. The summed E-state index contributed by atoms with van der Waals surface area (Å²) in [6.07, 6.45) is 5.87. The Morgan fingerprint density at radius 1 is 1.04 bits per heavy atom. The van der Waals surface area contributed by atoms with Crippen molar-refractivity contribution < 1.29 is 30.8 Å². The highest BCUT2D eigenvalue weighted by atomic mass is 32.2. The summed E-state index contributed by atoms with van der Waals surface area (Å²) in [5, 5.41) is 8.16. The number of hydrogen-bond acceptors (Lipinski definition) is 6. The molecule has 46 heavy (non-hydrogen) atoms. The zero-order valence-electron chi connectivity index (χ0n) is 24.8. The molecule has 0 unspecified atom stereocenters. The number of aromatic nitrogens is 5. The number of rotatable bonds is 8. The van der Waals surface area contributed by atoms with Crippen LogP contribution in [0.1, 0.15) is 65.3 Å². The third-order valence-electron chi connectivity index (χ3n) is 9.35. The molecule has 7 rings (SSSR count). The van der Waals surface area contributed by atoms with Crippen molar-refractivity contribution in [3.05, 3.63) is 95.1 Å². The first-order valence-corrected chi connectivity index (χ1v) is 16.4. The van der Waals surface area contributed by atoms with E-state index in [-0.39, 0.29) is 35.0 Å². The number of alkyl halides is 3. The van der Waals surface area contributed by atoms with E-state index in [1.165, 1.54) is 19.2 Å². The van der Waals surface area contributed by atoms with Crippen LogP contribution in [0.2, 0.25) is 0 Å². The Bertz CT molecular complexity index is 1950. The highest BCUT2D eigenvalue weighted by molar-refractivity contribution is 7.89. The zero-order valence-corrected chi connectivity index (χ0v) is 25.6. The van der Waals surface area contributed by atoms with Crippen molar-refractivity contribution in [2.45, 2.75) is 68.1 Å². The van der Waals surface area contributed by atoms with E-state index >= 15 is 0 Å². The number of hydrogen-bond donors (Lipinski definition) is 0. The van der Waals surface area contributed by atoms with E-state index in [2.05, 4.69) is 15.2 Å². The summed E-state index contributed by atoms with van der Waals surface area (Å²) in [5.74, 6) is -0.147. The van der Waals surface area contributed by atoms with E-state index in [0.717, 1.165) is 51.9 Å². The van der Waals surface area contributed by atoms with Gasteiger partial charge in [-0.15, -0.1) is 0 Å². The molecule has 3 heterocycles. The summed E-state index contributed by atoms with van der Waals surface area (Å²) in [4.78, 5) is 18.7. The lowest BCUT2D eigenvalue weighted by atomic mass is 9.60. The molecular formula is C32H30F4N6O3S. The van der Waals surface area contributed by atoms with Crippen molar-refractivity contribution in [1.82, 2.24) is 28.9 Å². The van der Waals surface area contributed by atoms with Crippen molar-refractivity contribution in [2.24, 2.45) is 5.41 Å². The molecule has 0 bridgehead atoms. The third kappa shape index (κ3) is 5.46. The summed E-state index contributed by atoms with van der Waals surface area (Å²) in [5.41, 5.74) is 3.24. The van der Waals surface area contributed by atoms with Gasteiger partial charge >= 0.3 is 6.18 Å². The van der Waals surface area contributed by atoms with Crippen molar-refractivity contribution in [3.63, 3.8) is 0 Å². The van der Waals surface area contributed by atoms with Gasteiger partial charge in [-0.25, -0.2) is 17.5 Å². The molecule has 240 valence electrons. The molecule has 2 fully saturated rings. The van der Waals surface area contributed by atoms with Crippen LogP contribution in [0.25, 0.3) is 11.8 Å². The SMILES string of the molecule is CN([C@H]1CCC2=Cc3c(cnn3-c3ccc(F)cc3)C[C@]2(C(=O)c2ccc(C3CC3)cn2)C1)S(=O)(=O)c1cnn(CC(F)(F)F)c1. The number of benzene rings is 1. The maximum atomic E-state index is 14.5. The Labute approximate surface area is 262 Å². The number of nitrogens with zero attached hydrogens (tertiary/aromatic N) is 6. The van der Waals surface area contributed by atoms with Gasteiger partial charge in [-0.1, -0.05) is 11.6 Å². The normalized spacial score (nSPS) is 21.5. The fourth-order valence-corrected chi connectivity index (χ4v) is 8.08. The number of sulfonamides is 1. The summed E-state index contributed by atoms with van der Waals surface area (Å²) < 4.78 is 83.1. The van der Waals surface area contributed by atoms with Gasteiger partial charge in [0.05, 0.1) is 29.2 Å². The molecule has 14 heteroatoms.